The molecule has 1 aliphatic rings. The van der Waals surface area contributed by atoms with Gasteiger partial charge in [0.2, 0.25) is 0 Å². The molecule has 1 atom stereocenters. The quantitative estimate of drug-likeness (QED) is 0.802. The normalized spacial score (nSPS) is 18.7. The maximum atomic E-state index is 13.0. The van der Waals surface area contributed by atoms with Gasteiger partial charge in [0.25, 0.3) is 5.91 Å². The van der Waals surface area contributed by atoms with Crippen LogP contribution in [0.1, 0.15) is 27.9 Å². The predicted octanol–water partition coefficient (Wildman–Crippen LogP) is 3.11. The van der Waals surface area contributed by atoms with Crippen molar-refractivity contribution in [2.45, 2.75) is 36.2 Å². The van der Waals surface area contributed by atoms with Crippen LogP contribution in [0.3, 0.4) is 0 Å². The molecule has 2 aromatic rings. The summed E-state index contributed by atoms with van der Waals surface area (Å²) in [7, 11) is -1.37. The Hall–Kier alpha value is -1.86. The summed E-state index contributed by atoms with van der Waals surface area (Å²) < 4.78 is 23.4. The van der Waals surface area contributed by atoms with Crippen LogP contribution in [0.15, 0.2) is 46.5 Å². The van der Waals surface area contributed by atoms with E-state index in [0.29, 0.717) is 17.0 Å². The first-order valence-corrected chi connectivity index (χ1v) is 11.1. The van der Waals surface area contributed by atoms with Gasteiger partial charge in [-0.2, -0.15) is 0 Å². The van der Waals surface area contributed by atoms with Gasteiger partial charge in [0.1, 0.15) is 5.03 Å². The molecule has 7 heteroatoms. The summed E-state index contributed by atoms with van der Waals surface area (Å²) in [4.78, 5) is 19.9. The van der Waals surface area contributed by atoms with Crippen LogP contribution >= 0.6 is 11.8 Å². The van der Waals surface area contributed by atoms with Crippen molar-refractivity contribution in [3.8, 4) is 0 Å². The zero-order valence-corrected chi connectivity index (χ0v) is 16.7. The highest BCUT2D eigenvalue weighted by Crippen LogP contribution is 2.31. The average molecular weight is 391 g/mol. The van der Waals surface area contributed by atoms with Gasteiger partial charge in [-0.15, -0.1) is 0 Å². The van der Waals surface area contributed by atoms with Gasteiger partial charge in [-0.25, -0.2) is 13.4 Å². The summed E-state index contributed by atoms with van der Waals surface area (Å²) in [6, 6.07) is 9.36. The number of rotatable bonds is 4. The van der Waals surface area contributed by atoms with Crippen molar-refractivity contribution in [1.29, 1.82) is 0 Å². The molecule has 0 bridgehead atoms. The van der Waals surface area contributed by atoms with E-state index in [1.807, 2.05) is 6.07 Å². The molecular formula is C19H22N2O3S2. The van der Waals surface area contributed by atoms with Gasteiger partial charge in [-0.05, 0) is 55.7 Å². The van der Waals surface area contributed by atoms with Crippen molar-refractivity contribution in [3.63, 3.8) is 0 Å². The van der Waals surface area contributed by atoms with E-state index in [0.717, 1.165) is 4.90 Å². The van der Waals surface area contributed by atoms with Gasteiger partial charge < -0.3 is 4.90 Å². The van der Waals surface area contributed by atoms with Gasteiger partial charge in [-0.1, -0.05) is 17.8 Å². The smallest absolute Gasteiger partial charge is 0.256 e. The number of carbonyl (C=O) groups is 1. The standard InChI is InChI=1S/C19H22N2O3S2/c1-13-6-7-16(11-14(13)2)25-18-17(5-4-9-20-18)19(22)21(3)15-8-10-26(23,24)12-15/h4-7,9,11,15H,8,10,12H2,1-3H3/t15-/m1/s1. The summed E-state index contributed by atoms with van der Waals surface area (Å²) in [6.07, 6.45) is 2.16. The molecule has 1 aromatic carbocycles. The number of aromatic nitrogens is 1. The van der Waals surface area contributed by atoms with E-state index in [-0.39, 0.29) is 23.5 Å². The van der Waals surface area contributed by atoms with E-state index in [2.05, 4.69) is 31.0 Å². The van der Waals surface area contributed by atoms with E-state index in [1.54, 1.807) is 30.3 Å². The van der Waals surface area contributed by atoms with Crippen LogP contribution in [-0.2, 0) is 9.84 Å². The monoisotopic (exact) mass is 390 g/mol. The van der Waals surface area contributed by atoms with Gasteiger partial charge in [0, 0.05) is 24.2 Å². The fourth-order valence-electron chi connectivity index (χ4n) is 2.96. The molecule has 0 unspecified atom stereocenters. The van der Waals surface area contributed by atoms with Crippen molar-refractivity contribution in [1.82, 2.24) is 9.88 Å². The molecule has 26 heavy (non-hydrogen) atoms. The summed E-state index contributed by atoms with van der Waals surface area (Å²) in [5.74, 6) is -0.00614. The zero-order chi connectivity index (χ0) is 18.9. The Morgan fingerprint density at radius 3 is 2.65 bits per heavy atom. The summed E-state index contributed by atoms with van der Waals surface area (Å²) in [5, 5.41) is 0.633. The Balaban J connectivity index is 1.84. The molecule has 3 rings (SSSR count). The Morgan fingerprint density at radius 1 is 1.23 bits per heavy atom. The molecule has 0 aliphatic carbocycles. The largest absolute Gasteiger partial charge is 0.338 e. The topological polar surface area (TPSA) is 67.3 Å². The predicted molar refractivity (Wildman–Crippen MR) is 103 cm³/mol. The summed E-state index contributed by atoms with van der Waals surface area (Å²) in [6.45, 7) is 4.11. The molecule has 1 amide bonds. The van der Waals surface area contributed by atoms with Crippen LogP contribution in [0.25, 0.3) is 0 Å². The van der Waals surface area contributed by atoms with Gasteiger partial charge in [-0.3, -0.25) is 4.79 Å². The van der Waals surface area contributed by atoms with Crippen LogP contribution in [-0.4, -0.2) is 48.8 Å². The second-order valence-electron chi connectivity index (χ2n) is 6.68. The summed E-state index contributed by atoms with van der Waals surface area (Å²) in [5.41, 5.74) is 2.91. The maximum Gasteiger partial charge on any atom is 0.256 e. The van der Waals surface area contributed by atoms with Crippen LogP contribution < -0.4 is 0 Å². The first-order valence-electron chi connectivity index (χ1n) is 8.44. The Bertz CT molecular complexity index is 942. The molecule has 1 saturated heterocycles. The minimum absolute atomic E-state index is 0.0368. The third kappa shape index (κ3) is 4.10. The highest BCUT2D eigenvalue weighted by atomic mass is 32.2. The van der Waals surface area contributed by atoms with Gasteiger partial charge in [0.05, 0.1) is 17.1 Å². The van der Waals surface area contributed by atoms with E-state index in [1.165, 1.54) is 22.9 Å². The molecule has 0 N–H and O–H groups in total. The first kappa shape index (κ1) is 18.9. The highest BCUT2D eigenvalue weighted by Gasteiger charge is 2.33. The first-order chi connectivity index (χ1) is 12.3. The third-order valence-electron chi connectivity index (χ3n) is 4.77. The van der Waals surface area contributed by atoms with Crippen molar-refractivity contribution in [2.24, 2.45) is 0 Å². The zero-order valence-electron chi connectivity index (χ0n) is 15.1. The molecule has 5 nitrogen and oxygen atoms in total. The van der Waals surface area contributed by atoms with Crippen molar-refractivity contribution < 1.29 is 13.2 Å². The number of hydrogen-bond donors (Lipinski definition) is 0. The van der Waals surface area contributed by atoms with Crippen molar-refractivity contribution in [3.05, 3.63) is 53.2 Å². The summed E-state index contributed by atoms with van der Waals surface area (Å²) >= 11 is 1.45. The molecule has 0 saturated carbocycles. The number of aryl methyl sites for hydroxylation is 2. The van der Waals surface area contributed by atoms with Crippen LogP contribution in [0.5, 0.6) is 0 Å². The Labute approximate surface area is 158 Å². The molecule has 2 heterocycles. The fraction of sp³-hybridized carbons (Fsp3) is 0.368. The van der Waals surface area contributed by atoms with Crippen LogP contribution in [0, 0.1) is 13.8 Å². The van der Waals surface area contributed by atoms with Gasteiger partial charge >= 0.3 is 0 Å². The second-order valence-corrected chi connectivity index (χ2v) is 9.97. The van der Waals surface area contributed by atoms with Crippen molar-refractivity contribution >= 4 is 27.5 Å². The van der Waals surface area contributed by atoms with Crippen LogP contribution in [0.4, 0.5) is 0 Å². The lowest BCUT2D eigenvalue weighted by Gasteiger charge is -2.24. The highest BCUT2D eigenvalue weighted by molar-refractivity contribution is 7.99. The lowest BCUT2D eigenvalue weighted by Crippen LogP contribution is -2.38. The Kier molecular flexibility index (Phi) is 5.39. The number of amides is 1. The SMILES string of the molecule is Cc1ccc(Sc2ncccc2C(=O)N(C)[C@@H]2CCS(=O)(=O)C2)cc1C. The number of sulfone groups is 1. The minimum atomic E-state index is -3.04. The third-order valence-corrected chi connectivity index (χ3v) is 7.53. The minimum Gasteiger partial charge on any atom is -0.338 e. The van der Waals surface area contributed by atoms with Crippen LogP contribution in [0.2, 0.25) is 0 Å². The number of nitrogens with zero attached hydrogens (tertiary/aromatic N) is 2. The molecule has 138 valence electrons. The van der Waals surface area contributed by atoms with E-state index in [9.17, 15) is 13.2 Å². The average Bonchev–Trinajstić information content (AvgIpc) is 2.97. The number of pyridine rings is 1. The maximum absolute atomic E-state index is 13.0. The number of hydrogen-bond acceptors (Lipinski definition) is 5. The molecule has 1 aromatic heterocycles. The van der Waals surface area contributed by atoms with Crippen molar-refractivity contribution in [2.75, 3.05) is 18.6 Å². The molecule has 1 aliphatic heterocycles. The van der Waals surface area contributed by atoms with Gasteiger partial charge in [0.15, 0.2) is 9.84 Å². The Morgan fingerprint density at radius 2 is 2.00 bits per heavy atom. The van der Waals surface area contributed by atoms with E-state index >= 15 is 0 Å². The molecule has 1 fully saturated rings. The van der Waals surface area contributed by atoms with E-state index < -0.39 is 9.84 Å². The molecule has 0 radical (unpaired) electrons. The lowest BCUT2D eigenvalue weighted by molar-refractivity contribution is 0.0743. The number of carbonyl (C=O) groups excluding carboxylic acids is 1. The van der Waals surface area contributed by atoms with E-state index in [4.69, 9.17) is 0 Å². The molecular weight excluding hydrogens is 368 g/mol. The lowest BCUT2D eigenvalue weighted by atomic mass is 10.1. The fourth-order valence-corrected chi connectivity index (χ4v) is 5.71. The second kappa shape index (κ2) is 7.40. The number of benzene rings is 1. The molecule has 0 spiro atoms.